The Hall–Kier alpha value is -1.42. The van der Waals surface area contributed by atoms with Gasteiger partial charge in [-0.25, -0.2) is 4.98 Å². The molecule has 1 aliphatic rings. The molecule has 4 nitrogen and oxygen atoms in total. The fraction of sp³-hybridized carbons (Fsp3) is 0.500. The summed E-state index contributed by atoms with van der Waals surface area (Å²) in [5.74, 6) is 0.466. The number of aryl methyl sites for hydroxylation is 1. The molecule has 0 aromatic carbocycles. The second-order valence-corrected chi connectivity index (χ2v) is 4.54. The Labute approximate surface area is 95.3 Å². The van der Waals surface area contributed by atoms with E-state index in [1.54, 1.807) is 12.3 Å². The second-order valence-electron chi connectivity index (χ2n) is 4.54. The average molecular weight is 219 g/mol. The van der Waals surface area contributed by atoms with Gasteiger partial charge < -0.3 is 11.1 Å². The molecule has 1 amide bonds. The Morgan fingerprint density at radius 1 is 1.44 bits per heavy atom. The topological polar surface area (TPSA) is 68.0 Å². The van der Waals surface area contributed by atoms with Crippen LogP contribution in [-0.4, -0.2) is 16.4 Å². The van der Waals surface area contributed by atoms with Gasteiger partial charge in [0, 0.05) is 6.20 Å². The van der Waals surface area contributed by atoms with Crippen LogP contribution in [0.2, 0.25) is 0 Å². The van der Waals surface area contributed by atoms with E-state index in [4.69, 9.17) is 5.73 Å². The zero-order valence-electron chi connectivity index (χ0n) is 9.49. The lowest BCUT2D eigenvalue weighted by molar-refractivity contribution is -0.121. The number of rotatable bonds is 2. The molecule has 1 aromatic rings. The molecule has 0 bridgehead atoms. The number of amides is 1. The highest BCUT2D eigenvalue weighted by molar-refractivity contribution is 5.97. The van der Waals surface area contributed by atoms with Gasteiger partial charge in [-0.15, -0.1) is 0 Å². The minimum atomic E-state index is -0.688. The van der Waals surface area contributed by atoms with Crippen molar-refractivity contribution in [1.29, 1.82) is 0 Å². The Bertz CT molecular complexity index is 380. The maximum Gasteiger partial charge on any atom is 0.245 e. The lowest BCUT2D eigenvalue weighted by Crippen LogP contribution is -2.48. The first kappa shape index (κ1) is 11.1. The first-order chi connectivity index (χ1) is 7.60. The summed E-state index contributed by atoms with van der Waals surface area (Å²) in [6, 6.07) is 3.71. The molecule has 0 aliphatic heterocycles. The van der Waals surface area contributed by atoms with Crippen molar-refractivity contribution in [3.05, 3.63) is 23.9 Å². The van der Waals surface area contributed by atoms with Gasteiger partial charge >= 0.3 is 0 Å². The van der Waals surface area contributed by atoms with Gasteiger partial charge in [0.2, 0.25) is 5.91 Å². The first-order valence-corrected chi connectivity index (χ1v) is 5.63. The summed E-state index contributed by atoms with van der Waals surface area (Å²) in [5.41, 5.74) is 6.42. The van der Waals surface area contributed by atoms with Crippen molar-refractivity contribution in [2.75, 3.05) is 5.32 Å². The van der Waals surface area contributed by atoms with Crippen LogP contribution < -0.4 is 11.1 Å². The average Bonchev–Trinajstić information content (AvgIpc) is 2.70. The van der Waals surface area contributed by atoms with Crippen LogP contribution in [0.25, 0.3) is 0 Å². The van der Waals surface area contributed by atoms with Crippen LogP contribution in [0.1, 0.15) is 31.2 Å². The number of carbonyl (C=O) groups excluding carboxylic acids is 1. The highest BCUT2D eigenvalue weighted by Crippen LogP contribution is 2.28. The number of carbonyl (C=O) groups is 1. The van der Waals surface area contributed by atoms with Crippen molar-refractivity contribution >= 4 is 11.7 Å². The predicted molar refractivity (Wildman–Crippen MR) is 63.0 cm³/mol. The van der Waals surface area contributed by atoms with Gasteiger partial charge in [0.05, 0.1) is 5.54 Å². The van der Waals surface area contributed by atoms with Crippen molar-refractivity contribution in [3.8, 4) is 0 Å². The minimum absolute atomic E-state index is 0.110. The SMILES string of the molecule is Cc1ccc(NC(=O)C2(N)CCCC2)nc1. The van der Waals surface area contributed by atoms with Crippen molar-refractivity contribution < 1.29 is 4.79 Å². The van der Waals surface area contributed by atoms with Crippen molar-refractivity contribution in [3.63, 3.8) is 0 Å². The molecule has 2 rings (SSSR count). The monoisotopic (exact) mass is 219 g/mol. The Morgan fingerprint density at radius 2 is 2.12 bits per heavy atom. The fourth-order valence-corrected chi connectivity index (χ4v) is 2.02. The number of nitrogens with one attached hydrogen (secondary N) is 1. The van der Waals surface area contributed by atoms with E-state index in [0.29, 0.717) is 5.82 Å². The third kappa shape index (κ3) is 2.22. The van der Waals surface area contributed by atoms with E-state index in [0.717, 1.165) is 31.2 Å². The van der Waals surface area contributed by atoms with Gasteiger partial charge in [0.15, 0.2) is 0 Å². The van der Waals surface area contributed by atoms with E-state index in [2.05, 4.69) is 10.3 Å². The normalized spacial score (nSPS) is 18.4. The van der Waals surface area contributed by atoms with Gasteiger partial charge in [-0.1, -0.05) is 18.9 Å². The molecule has 0 unspecified atom stereocenters. The number of nitrogens with two attached hydrogens (primary N) is 1. The standard InChI is InChI=1S/C12H17N3O/c1-9-4-5-10(14-8-9)15-11(16)12(13)6-2-3-7-12/h4-5,8H,2-3,6-7,13H2,1H3,(H,14,15,16). The van der Waals surface area contributed by atoms with Crippen LogP contribution in [-0.2, 0) is 4.79 Å². The maximum atomic E-state index is 11.9. The third-order valence-corrected chi connectivity index (χ3v) is 3.10. The molecule has 0 spiro atoms. The summed E-state index contributed by atoms with van der Waals surface area (Å²) in [6.07, 6.45) is 5.33. The zero-order valence-corrected chi connectivity index (χ0v) is 9.49. The summed E-state index contributed by atoms with van der Waals surface area (Å²) in [5, 5.41) is 2.78. The molecular formula is C12H17N3O. The second kappa shape index (κ2) is 4.22. The number of nitrogens with zero attached hydrogens (tertiary/aromatic N) is 1. The predicted octanol–water partition coefficient (Wildman–Crippen LogP) is 1.60. The Balaban J connectivity index is 2.04. The number of hydrogen-bond donors (Lipinski definition) is 2. The number of aromatic nitrogens is 1. The van der Waals surface area contributed by atoms with Crippen LogP contribution in [0.3, 0.4) is 0 Å². The van der Waals surface area contributed by atoms with E-state index in [-0.39, 0.29) is 5.91 Å². The molecule has 1 fully saturated rings. The number of anilines is 1. The van der Waals surface area contributed by atoms with Crippen LogP contribution in [0.5, 0.6) is 0 Å². The molecule has 0 atom stereocenters. The van der Waals surface area contributed by atoms with Crippen molar-refractivity contribution in [2.24, 2.45) is 5.73 Å². The fourth-order valence-electron chi connectivity index (χ4n) is 2.02. The largest absolute Gasteiger partial charge is 0.317 e. The third-order valence-electron chi connectivity index (χ3n) is 3.10. The summed E-state index contributed by atoms with van der Waals surface area (Å²) in [4.78, 5) is 16.1. The minimum Gasteiger partial charge on any atom is -0.317 e. The van der Waals surface area contributed by atoms with E-state index in [1.165, 1.54) is 0 Å². The van der Waals surface area contributed by atoms with Gasteiger partial charge in [-0.3, -0.25) is 4.79 Å². The van der Waals surface area contributed by atoms with Crippen LogP contribution in [0.4, 0.5) is 5.82 Å². The van der Waals surface area contributed by atoms with Crippen LogP contribution in [0, 0.1) is 6.92 Å². The number of hydrogen-bond acceptors (Lipinski definition) is 3. The van der Waals surface area contributed by atoms with Gasteiger partial charge in [0.1, 0.15) is 5.82 Å². The summed E-state index contributed by atoms with van der Waals surface area (Å²) in [7, 11) is 0. The van der Waals surface area contributed by atoms with Gasteiger partial charge in [0.25, 0.3) is 0 Å². The summed E-state index contributed by atoms with van der Waals surface area (Å²) in [6.45, 7) is 1.96. The molecule has 3 N–H and O–H groups in total. The smallest absolute Gasteiger partial charge is 0.245 e. The van der Waals surface area contributed by atoms with E-state index in [1.807, 2.05) is 13.0 Å². The van der Waals surface area contributed by atoms with Crippen molar-refractivity contribution in [2.45, 2.75) is 38.1 Å². The van der Waals surface area contributed by atoms with E-state index >= 15 is 0 Å². The molecule has 0 radical (unpaired) electrons. The highest BCUT2D eigenvalue weighted by Gasteiger charge is 2.37. The van der Waals surface area contributed by atoms with E-state index < -0.39 is 5.54 Å². The molecule has 1 aliphatic carbocycles. The number of pyridine rings is 1. The summed E-state index contributed by atoms with van der Waals surface area (Å²) < 4.78 is 0. The van der Waals surface area contributed by atoms with Crippen molar-refractivity contribution in [1.82, 2.24) is 4.98 Å². The summed E-state index contributed by atoms with van der Waals surface area (Å²) >= 11 is 0. The Kier molecular flexibility index (Phi) is 2.92. The lowest BCUT2D eigenvalue weighted by atomic mass is 9.98. The molecular weight excluding hydrogens is 202 g/mol. The first-order valence-electron chi connectivity index (χ1n) is 5.63. The molecule has 1 aromatic heterocycles. The molecule has 1 heterocycles. The van der Waals surface area contributed by atoms with Gasteiger partial charge in [-0.05, 0) is 31.4 Å². The molecule has 16 heavy (non-hydrogen) atoms. The molecule has 1 saturated carbocycles. The zero-order chi connectivity index (χ0) is 11.6. The molecule has 4 heteroatoms. The lowest BCUT2D eigenvalue weighted by Gasteiger charge is -2.21. The molecule has 0 saturated heterocycles. The highest BCUT2D eigenvalue weighted by atomic mass is 16.2. The quantitative estimate of drug-likeness (QED) is 0.793. The van der Waals surface area contributed by atoms with Gasteiger partial charge in [-0.2, -0.15) is 0 Å². The Morgan fingerprint density at radius 3 is 2.69 bits per heavy atom. The van der Waals surface area contributed by atoms with Crippen LogP contribution >= 0.6 is 0 Å². The van der Waals surface area contributed by atoms with Crippen LogP contribution in [0.15, 0.2) is 18.3 Å². The van der Waals surface area contributed by atoms with E-state index in [9.17, 15) is 4.79 Å². The molecule has 86 valence electrons. The maximum absolute atomic E-state index is 11.9.